The van der Waals surface area contributed by atoms with E-state index >= 15 is 0 Å². The van der Waals surface area contributed by atoms with Gasteiger partial charge in [-0.2, -0.15) is 0 Å². The Labute approximate surface area is 829 Å². The highest BCUT2D eigenvalue weighted by Crippen LogP contribution is 2.50. The summed E-state index contributed by atoms with van der Waals surface area (Å²) >= 11 is 15.0. The number of alkyl halides is 1. The Morgan fingerprint density at radius 3 is 1.18 bits per heavy atom. The molecule has 3 aromatic heterocycles. The van der Waals surface area contributed by atoms with Crippen LogP contribution in [0.25, 0.3) is 0 Å². The number of unbranched alkanes of at least 4 members (excludes halogenated alkanes) is 8. The molecule has 0 radical (unpaired) electrons. The number of carbonyl (C=O) groups is 5. The van der Waals surface area contributed by atoms with Crippen LogP contribution in [0.1, 0.15) is 337 Å². The van der Waals surface area contributed by atoms with Gasteiger partial charge in [0.1, 0.15) is 37.7 Å². The smallest absolute Gasteiger partial charge is 0.348 e. The van der Waals surface area contributed by atoms with Crippen LogP contribution in [0.4, 0.5) is 0 Å². The van der Waals surface area contributed by atoms with Gasteiger partial charge in [0, 0.05) is 36.8 Å². The Hall–Kier alpha value is -8.86. The second-order valence-electron chi connectivity index (χ2n) is 36.0. The standard InChI is InChI=1S/C35H45ClO4S.C34H40O5S.C26H34O4S.C20H25BrO2/c1-5-6-7-11-32(40-23-25-12-18-28(38-3)19-13-25)26-14-16-27(17-15-26)34-24(2)22-31(36)30(34)10-8-9-29-20-21-33(41-29)35(37)39-4;1-4-5-6-10-31(39-23-24-11-18-28(37-2)19-12-24)25-13-15-27(16-14-25)33-26(17-21-30(33)35)8-7-9-29-20-22-32(40-29)34(36)38-3;1-3-4-5-9-22(27)18-10-12-20(13-11-18)25-19(14-16-23(25)28)7-6-8-21-15-17-24(31-21)26(29)30-2;1-3-4-5-6-20(17-9-11-18(21)12-10-17)23-15-16-7-13-19(22-2)14-8-16/h12-21,24,30-32,34H,5-11,22-23H2,1-4H3;11-22,26,31,33H,4-10,23H2,1-3H3;10-13,15,17,19,22,25,27H,3-9,14,16H2,1-2H3;7-14,20H,3-6,15H2,1-2H3/t24-,30+,31-,32?,34-;26-,31?,33-;19-,22?,25-;/m100./s1. The van der Waals surface area contributed by atoms with Crippen molar-refractivity contribution in [3.8, 4) is 17.2 Å². The molecule has 3 heterocycles. The fraction of sp³-hybridized carbons (Fsp3) is 0.470. The summed E-state index contributed by atoms with van der Waals surface area (Å²) in [7, 11) is 9.28. The van der Waals surface area contributed by atoms with Gasteiger partial charge in [0.05, 0.1) is 92.8 Å². The third-order valence-electron chi connectivity index (χ3n) is 26.4. The second kappa shape index (κ2) is 58.8. The first-order valence-corrected chi connectivity index (χ1v) is 52.8. The van der Waals surface area contributed by atoms with Crippen molar-refractivity contribution in [1.29, 1.82) is 0 Å². The molecule has 15 nitrogen and oxygen atoms in total. The zero-order valence-corrected chi connectivity index (χ0v) is 86.1. The number of thiophene rings is 3. The molecule has 0 amide bonds. The van der Waals surface area contributed by atoms with Crippen LogP contribution < -0.4 is 14.2 Å². The molecule has 0 spiro atoms. The Morgan fingerprint density at radius 2 is 0.785 bits per heavy atom. The first-order chi connectivity index (χ1) is 65.7. The first-order valence-electron chi connectivity index (χ1n) is 49.1. The minimum Gasteiger partial charge on any atom is -0.497 e. The number of rotatable bonds is 50. The van der Waals surface area contributed by atoms with Crippen LogP contribution in [-0.2, 0) is 77.1 Å². The number of methoxy groups -OCH3 is 6. The molecular formula is C115H144BrClO15S3. The van der Waals surface area contributed by atoms with Crippen LogP contribution in [-0.4, -0.2) is 82.6 Å². The van der Waals surface area contributed by atoms with Crippen LogP contribution >= 0.6 is 61.5 Å². The van der Waals surface area contributed by atoms with Crippen molar-refractivity contribution in [2.24, 2.45) is 23.7 Å². The molecule has 4 unspecified atom stereocenters. The molecule has 7 aromatic carbocycles. The van der Waals surface area contributed by atoms with E-state index in [1.165, 1.54) is 137 Å². The van der Waals surface area contributed by atoms with E-state index in [9.17, 15) is 29.1 Å². The number of benzene rings is 7. The zero-order valence-electron chi connectivity index (χ0n) is 81.3. The van der Waals surface area contributed by atoms with Crippen molar-refractivity contribution in [2.45, 2.75) is 282 Å². The zero-order chi connectivity index (χ0) is 96.2. The van der Waals surface area contributed by atoms with Gasteiger partial charge in [-0.05, 0) is 273 Å². The average molecular weight is 1980 g/mol. The van der Waals surface area contributed by atoms with Crippen molar-refractivity contribution in [3.63, 3.8) is 0 Å². The average Bonchev–Trinajstić information content (AvgIpc) is 1.68. The Balaban J connectivity index is 0.000000190. The first kappa shape index (κ1) is 108. The summed E-state index contributed by atoms with van der Waals surface area (Å²) in [6.07, 6.45) is 33.0. The Morgan fingerprint density at radius 1 is 0.422 bits per heavy atom. The van der Waals surface area contributed by atoms with Gasteiger partial charge in [-0.25, -0.2) is 14.4 Å². The molecule has 1 N–H and O–H groups in total. The van der Waals surface area contributed by atoms with E-state index in [-0.39, 0.29) is 65.1 Å². The normalized spacial score (nSPS) is 18.1. The fourth-order valence-electron chi connectivity index (χ4n) is 18.7. The fourth-order valence-corrected chi connectivity index (χ4v) is 22.5. The van der Waals surface area contributed by atoms with Crippen LogP contribution in [0, 0.1) is 23.7 Å². The van der Waals surface area contributed by atoms with Crippen molar-refractivity contribution in [3.05, 3.63) is 308 Å². The van der Waals surface area contributed by atoms with Gasteiger partial charge < -0.3 is 47.7 Å². The SMILES string of the molecule is CCCCCC(O)c1ccc([C@H]2C(=O)CC[C@@H]2CCCc2ccc(C(=O)OC)s2)cc1.CCCCCC(OCc1ccc(OC)cc1)c1ccc(Br)cc1.CCCCCC(OCc1ccc(OC)cc1)c1ccc([C@@H]2[C@@H](CCCc3ccc(C(=O)OC)s3)[C@H](Cl)C[C@H]2C)cc1.CCCCCC(OCc1ccc(OC)cc1)c1ccc([C@H]2C(=O)C=C[C@@H]2CCCc2ccc(C(=O)OC)s2)cc1. The minimum absolute atomic E-state index is 0.0107. The number of aliphatic hydroxyl groups is 1. The molecule has 135 heavy (non-hydrogen) atoms. The largest absolute Gasteiger partial charge is 0.497 e. The molecular weight excluding hydrogens is 1830 g/mol. The van der Waals surface area contributed by atoms with Crippen molar-refractivity contribution < 1.29 is 71.7 Å². The summed E-state index contributed by atoms with van der Waals surface area (Å²) in [5.74, 6) is 4.11. The molecule has 726 valence electrons. The van der Waals surface area contributed by atoms with Gasteiger partial charge in [-0.3, -0.25) is 9.59 Å². The summed E-state index contributed by atoms with van der Waals surface area (Å²) in [6, 6.07) is 70.0. The summed E-state index contributed by atoms with van der Waals surface area (Å²) in [6.45, 7) is 12.9. The highest BCUT2D eigenvalue weighted by atomic mass is 79.9. The van der Waals surface area contributed by atoms with Gasteiger partial charge in [-0.15, -0.1) is 45.6 Å². The van der Waals surface area contributed by atoms with Gasteiger partial charge in [-0.1, -0.05) is 255 Å². The molecule has 3 aliphatic carbocycles. The maximum atomic E-state index is 12.9. The number of Topliss-reactive ketones (excluding diaryl/α,β-unsaturated/α-hetero) is 1. The number of aliphatic hydroxyl groups excluding tert-OH is 1. The number of aryl methyl sites for hydroxylation is 3. The van der Waals surface area contributed by atoms with Gasteiger partial charge in [0.15, 0.2) is 5.78 Å². The van der Waals surface area contributed by atoms with E-state index in [1.807, 2.05) is 103 Å². The number of ether oxygens (including phenoxy) is 9. The molecule has 2 fully saturated rings. The lowest BCUT2D eigenvalue weighted by Crippen LogP contribution is -2.16. The van der Waals surface area contributed by atoms with Gasteiger partial charge in [0.25, 0.3) is 0 Å². The van der Waals surface area contributed by atoms with Crippen molar-refractivity contribution in [1.82, 2.24) is 0 Å². The molecule has 13 rings (SSSR count). The predicted octanol–water partition coefficient (Wildman–Crippen LogP) is 30.5. The van der Waals surface area contributed by atoms with E-state index in [0.717, 1.165) is 184 Å². The maximum Gasteiger partial charge on any atom is 0.348 e. The molecule has 0 aliphatic heterocycles. The lowest BCUT2D eigenvalue weighted by molar-refractivity contribution is -0.119. The number of esters is 3. The number of ketones is 2. The van der Waals surface area contributed by atoms with Crippen molar-refractivity contribution >= 4 is 91.0 Å². The van der Waals surface area contributed by atoms with Gasteiger partial charge in [0.2, 0.25) is 0 Å². The molecule has 20 heteroatoms. The highest BCUT2D eigenvalue weighted by molar-refractivity contribution is 9.10. The number of hydrogen-bond acceptors (Lipinski definition) is 18. The van der Waals surface area contributed by atoms with Crippen LogP contribution in [0.5, 0.6) is 17.2 Å². The summed E-state index contributed by atoms with van der Waals surface area (Å²) in [5.41, 5.74) is 11.6. The van der Waals surface area contributed by atoms with Crippen LogP contribution in [0.2, 0.25) is 0 Å². The van der Waals surface area contributed by atoms with E-state index in [1.54, 1.807) is 27.4 Å². The molecule has 0 bridgehead atoms. The van der Waals surface area contributed by atoms with Crippen LogP contribution in [0.15, 0.2) is 223 Å². The lowest BCUT2D eigenvalue weighted by Gasteiger charge is -2.26. The summed E-state index contributed by atoms with van der Waals surface area (Å²) in [4.78, 5) is 66.2. The molecule has 2 saturated carbocycles. The molecule has 12 atom stereocenters. The third-order valence-corrected chi connectivity index (χ3v) is 30.8. The monoisotopic (exact) mass is 1970 g/mol. The lowest BCUT2D eigenvalue weighted by atomic mass is 9.81. The van der Waals surface area contributed by atoms with Crippen LogP contribution in [0.3, 0.4) is 0 Å². The highest BCUT2D eigenvalue weighted by Gasteiger charge is 2.41. The quantitative estimate of drug-likeness (QED) is 0.0164. The summed E-state index contributed by atoms with van der Waals surface area (Å²) in [5, 5.41) is 10.6. The third kappa shape index (κ3) is 34.3. The number of hydrogen-bond donors (Lipinski definition) is 1. The maximum absolute atomic E-state index is 12.9. The molecule has 3 aliphatic rings. The predicted molar refractivity (Wildman–Crippen MR) is 553 cm³/mol. The van der Waals surface area contributed by atoms with Crippen molar-refractivity contribution in [2.75, 3.05) is 42.7 Å². The minimum atomic E-state index is -0.420. The molecule has 10 aromatic rings. The second-order valence-corrected chi connectivity index (χ2v) is 41.0. The Bertz CT molecular complexity index is 5140. The van der Waals surface area contributed by atoms with Gasteiger partial charge >= 0.3 is 17.9 Å². The van der Waals surface area contributed by atoms with E-state index in [0.29, 0.717) is 70.3 Å². The molecule has 0 saturated heterocycles. The number of allylic oxidation sites excluding steroid dienone is 2. The number of carbonyl (C=O) groups excluding carboxylic acids is 5. The van der Waals surface area contributed by atoms with E-state index < -0.39 is 6.10 Å². The van der Waals surface area contributed by atoms with E-state index in [4.69, 9.17) is 54.2 Å². The summed E-state index contributed by atoms with van der Waals surface area (Å²) < 4.78 is 50.4. The topological polar surface area (TPSA) is 189 Å². The van der Waals surface area contributed by atoms with E-state index in [2.05, 4.69) is 160 Å². The Kier molecular flexibility index (Phi) is 47.1. The number of halogens is 2.